The van der Waals surface area contributed by atoms with E-state index in [0.29, 0.717) is 25.7 Å². The summed E-state index contributed by atoms with van der Waals surface area (Å²) in [5.41, 5.74) is 0.923. The highest BCUT2D eigenvalue weighted by Crippen LogP contribution is 2.33. The number of aromatic nitrogens is 6. The lowest BCUT2D eigenvalue weighted by atomic mass is 10.3. The van der Waals surface area contributed by atoms with Crippen LogP contribution in [0.4, 0.5) is 9.52 Å². The van der Waals surface area contributed by atoms with Gasteiger partial charge in [-0.3, -0.25) is 15.2 Å². The summed E-state index contributed by atoms with van der Waals surface area (Å²) >= 11 is 3.85. The number of pyridine rings is 2. The Balaban J connectivity index is 1.46. The van der Waals surface area contributed by atoms with Crippen LogP contribution in [0.1, 0.15) is 10.5 Å². The predicted molar refractivity (Wildman–Crippen MR) is 121 cm³/mol. The summed E-state index contributed by atoms with van der Waals surface area (Å²) in [6.07, 6.45) is 3.07. The number of hydrogen-bond donors (Lipinski definition) is 2. The maximum absolute atomic E-state index is 13.3. The normalized spacial score (nSPS) is 11.0. The molecule has 12 heteroatoms. The summed E-state index contributed by atoms with van der Waals surface area (Å²) < 4.78 is 13.3. The number of halogens is 1. The summed E-state index contributed by atoms with van der Waals surface area (Å²) in [5, 5.41) is 10.9. The first-order valence-corrected chi connectivity index (χ1v) is 11.6. The number of rotatable bonds is 6. The molecule has 0 aliphatic heterocycles. The van der Waals surface area contributed by atoms with Gasteiger partial charge in [-0.05, 0) is 60.3 Å². The first kappa shape index (κ1) is 20.5. The monoisotopic (exact) mass is 481 g/mol. The standard InChI is InChI=1S/C20H12FN7OS3/c21-11-3-5-12(6-4-11)30-14-7-8-15(31-19-23-10-24-28-19)26-16(14)17(29)27-20-25-13-2-1-9-22-18(13)32-20/h1-10H,(H,23,24,28)(H,25,27,29). The summed E-state index contributed by atoms with van der Waals surface area (Å²) in [6, 6.07) is 13.3. The molecule has 32 heavy (non-hydrogen) atoms. The number of fused-ring (bicyclic) bond motifs is 1. The zero-order valence-electron chi connectivity index (χ0n) is 16.0. The number of aromatic amines is 1. The zero-order valence-corrected chi connectivity index (χ0v) is 18.5. The minimum Gasteiger partial charge on any atom is -0.296 e. The molecule has 8 nitrogen and oxygen atoms in total. The van der Waals surface area contributed by atoms with Crippen LogP contribution in [0.2, 0.25) is 0 Å². The number of benzene rings is 1. The average Bonchev–Trinajstić information content (AvgIpc) is 3.45. The molecule has 0 radical (unpaired) electrons. The van der Waals surface area contributed by atoms with E-state index in [1.165, 1.54) is 53.3 Å². The Morgan fingerprint density at radius 2 is 1.91 bits per heavy atom. The van der Waals surface area contributed by atoms with Gasteiger partial charge < -0.3 is 0 Å². The van der Waals surface area contributed by atoms with E-state index in [9.17, 15) is 9.18 Å². The molecule has 158 valence electrons. The fourth-order valence-electron chi connectivity index (χ4n) is 2.68. The van der Waals surface area contributed by atoms with Gasteiger partial charge in [0.1, 0.15) is 33.2 Å². The second kappa shape index (κ2) is 9.02. The third kappa shape index (κ3) is 4.61. The molecular formula is C20H12FN7OS3. The van der Waals surface area contributed by atoms with Gasteiger partial charge in [-0.25, -0.2) is 24.3 Å². The molecule has 0 spiro atoms. The lowest BCUT2D eigenvalue weighted by molar-refractivity contribution is 0.101. The Hall–Kier alpha value is -3.35. The highest BCUT2D eigenvalue weighted by molar-refractivity contribution is 7.99. The van der Waals surface area contributed by atoms with Gasteiger partial charge in [0, 0.05) is 16.0 Å². The Morgan fingerprint density at radius 3 is 2.69 bits per heavy atom. The van der Waals surface area contributed by atoms with E-state index in [4.69, 9.17) is 0 Å². The Bertz CT molecular complexity index is 1360. The number of H-pyrrole nitrogens is 1. The van der Waals surface area contributed by atoms with E-state index in [1.807, 2.05) is 6.07 Å². The molecule has 1 aromatic carbocycles. The van der Waals surface area contributed by atoms with E-state index in [2.05, 4.69) is 35.5 Å². The lowest BCUT2D eigenvalue weighted by Crippen LogP contribution is -2.15. The van der Waals surface area contributed by atoms with E-state index >= 15 is 0 Å². The molecule has 4 heterocycles. The van der Waals surface area contributed by atoms with Crippen molar-refractivity contribution in [2.75, 3.05) is 5.32 Å². The van der Waals surface area contributed by atoms with Gasteiger partial charge in [0.25, 0.3) is 5.91 Å². The van der Waals surface area contributed by atoms with Crippen molar-refractivity contribution in [1.82, 2.24) is 30.1 Å². The van der Waals surface area contributed by atoms with E-state index < -0.39 is 5.91 Å². The second-order valence-electron chi connectivity index (χ2n) is 6.25. The third-order valence-corrected chi connectivity index (χ3v) is 6.85. The van der Waals surface area contributed by atoms with Gasteiger partial charge >= 0.3 is 0 Å². The van der Waals surface area contributed by atoms with Crippen LogP contribution in [0.25, 0.3) is 10.3 Å². The smallest absolute Gasteiger partial charge is 0.277 e. The molecular weight excluding hydrogens is 469 g/mol. The summed E-state index contributed by atoms with van der Waals surface area (Å²) in [7, 11) is 0. The molecule has 0 fully saturated rings. The van der Waals surface area contributed by atoms with Crippen molar-refractivity contribution >= 4 is 56.2 Å². The average molecular weight is 482 g/mol. The number of anilines is 1. The van der Waals surface area contributed by atoms with Gasteiger partial charge in [-0.15, -0.1) is 0 Å². The molecule has 5 aromatic rings. The Labute approximate surface area is 193 Å². The van der Waals surface area contributed by atoms with Crippen molar-refractivity contribution in [3.8, 4) is 0 Å². The molecule has 0 unspecified atom stereocenters. The highest BCUT2D eigenvalue weighted by Gasteiger charge is 2.18. The molecule has 0 atom stereocenters. The summed E-state index contributed by atoms with van der Waals surface area (Å²) in [5.74, 6) is -0.734. The van der Waals surface area contributed by atoms with Crippen LogP contribution < -0.4 is 5.32 Å². The van der Waals surface area contributed by atoms with E-state index in [-0.39, 0.29) is 11.5 Å². The summed E-state index contributed by atoms with van der Waals surface area (Å²) in [4.78, 5) is 32.6. The largest absolute Gasteiger partial charge is 0.296 e. The molecule has 4 aromatic heterocycles. The topological polar surface area (TPSA) is 109 Å². The number of nitrogens with zero attached hydrogens (tertiary/aromatic N) is 5. The minimum atomic E-state index is -0.409. The lowest BCUT2D eigenvalue weighted by Gasteiger charge is -2.10. The van der Waals surface area contributed by atoms with Crippen molar-refractivity contribution in [1.29, 1.82) is 0 Å². The maximum Gasteiger partial charge on any atom is 0.277 e. The number of carbonyl (C=O) groups excluding carboxylic acids is 1. The highest BCUT2D eigenvalue weighted by atomic mass is 32.2. The van der Waals surface area contributed by atoms with Crippen molar-refractivity contribution in [2.45, 2.75) is 20.0 Å². The van der Waals surface area contributed by atoms with E-state index in [0.717, 1.165) is 9.73 Å². The van der Waals surface area contributed by atoms with Crippen molar-refractivity contribution in [3.63, 3.8) is 0 Å². The zero-order chi connectivity index (χ0) is 21.9. The molecule has 2 N–H and O–H groups in total. The van der Waals surface area contributed by atoms with Gasteiger partial charge in [-0.2, -0.15) is 5.10 Å². The van der Waals surface area contributed by atoms with Crippen LogP contribution in [0.5, 0.6) is 0 Å². The van der Waals surface area contributed by atoms with Crippen molar-refractivity contribution in [2.24, 2.45) is 0 Å². The summed E-state index contributed by atoms with van der Waals surface area (Å²) in [6.45, 7) is 0. The first-order chi connectivity index (χ1) is 15.6. The Kier molecular flexibility index (Phi) is 5.79. The van der Waals surface area contributed by atoms with Gasteiger partial charge in [0.2, 0.25) is 0 Å². The molecule has 0 aliphatic carbocycles. The number of thiazole rings is 1. The fraction of sp³-hybridized carbons (Fsp3) is 0. The number of carbonyl (C=O) groups is 1. The van der Waals surface area contributed by atoms with Crippen LogP contribution in [-0.4, -0.2) is 36.0 Å². The molecule has 5 rings (SSSR count). The third-order valence-electron chi connectivity index (χ3n) is 4.07. The first-order valence-electron chi connectivity index (χ1n) is 9.15. The molecule has 0 saturated heterocycles. The maximum atomic E-state index is 13.3. The van der Waals surface area contributed by atoms with Gasteiger partial charge in [0.15, 0.2) is 10.3 Å². The van der Waals surface area contributed by atoms with E-state index in [1.54, 1.807) is 36.5 Å². The SMILES string of the molecule is O=C(Nc1nc2cccnc2s1)c1nc(Sc2ncn[nH]2)ccc1Sc1ccc(F)cc1. The van der Waals surface area contributed by atoms with Crippen LogP contribution in [-0.2, 0) is 0 Å². The quantitative estimate of drug-likeness (QED) is 0.353. The number of nitrogens with one attached hydrogen (secondary N) is 2. The predicted octanol–water partition coefficient (Wildman–Crippen LogP) is 4.90. The minimum absolute atomic E-state index is 0.219. The molecule has 0 aliphatic rings. The van der Waals surface area contributed by atoms with Crippen molar-refractivity contribution in [3.05, 3.63) is 72.6 Å². The van der Waals surface area contributed by atoms with Crippen LogP contribution in [0, 0.1) is 5.82 Å². The molecule has 0 bridgehead atoms. The van der Waals surface area contributed by atoms with Crippen LogP contribution >= 0.6 is 34.9 Å². The number of amides is 1. The second-order valence-corrected chi connectivity index (χ2v) is 9.35. The van der Waals surface area contributed by atoms with Crippen LogP contribution in [0.15, 0.2) is 81.0 Å². The van der Waals surface area contributed by atoms with Crippen molar-refractivity contribution < 1.29 is 9.18 Å². The Morgan fingerprint density at radius 1 is 1.03 bits per heavy atom. The van der Waals surface area contributed by atoms with Crippen LogP contribution in [0.3, 0.4) is 0 Å². The molecule has 1 amide bonds. The molecule has 0 saturated carbocycles. The number of hydrogen-bond acceptors (Lipinski definition) is 9. The van der Waals surface area contributed by atoms with Gasteiger partial charge in [0.05, 0.1) is 0 Å². The fourth-order valence-corrected chi connectivity index (χ4v) is 5.05. The van der Waals surface area contributed by atoms with Gasteiger partial charge in [-0.1, -0.05) is 23.1 Å².